The second-order valence-corrected chi connectivity index (χ2v) is 19.8. The molecule has 2 unspecified atom stereocenters. The molecule has 4 fully saturated rings. The molecule has 3 aromatic rings. The van der Waals surface area contributed by atoms with E-state index in [9.17, 15) is 32.4 Å². The molecule has 2 aromatic carbocycles. The van der Waals surface area contributed by atoms with Gasteiger partial charge in [0.05, 0.1) is 36.0 Å². The van der Waals surface area contributed by atoms with Crippen LogP contribution in [0.4, 0.5) is 0 Å². The van der Waals surface area contributed by atoms with Crippen molar-refractivity contribution in [3.05, 3.63) is 67.3 Å². The summed E-state index contributed by atoms with van der Waals surface area (Å²) in [5.41, 5.74) is -0.192. The fourth-order valence-corrected chi connectivity index (χ4v) is 9.96. The standard InChI is InChI=1S/C45H56N6O9S/c1-7-29-25-45(29,43(56)49-61(57,58)32-14-15-32)48-41(54)37-22-31(60-38-24-35(27-11-9-8-10-12-27)47-36-21-30(59-6)13-16-33(36)38)26-51(37)42(55)34(44(2,3)4)23-39(52)50-19-17-28(18-20-50)40(53)46-5/h7-13,16,21,24,28-29,31-32,34,37H,1,14-15,17-20,22-23,25-26H2,2-6H3,(H,46,53)(H,48,54)(H,49,56)/t29?,31-,34-,37+,45?/m1/s1. The van der Waals surface area contributed by atoms with Gasteiger partial charge in [0.1, 0.15) is 29.2 Å². The molecule has 3 heterocycles. The topological polar surface area (TPSA) is 193 Å². The molecular formula is C45H56N6O9S. The number of methoxy groups -OCH3 is 1. The van der Waals surface area contributed by atoms with Crippen LogP contribution in [-0.2, 0) is 34.0 Å². The van der Waals surface area contributed by atoms with Crippen LogP contribution in [0.1, 0.15) is 65.7 Å². The smallest absolute Gasteiger partial charge is 0.259 e. The van der Waals surface area contributed by atoms with Gasteiger partial charge in [0.25, 0.3) is 5.91 Å². The lowest BCUT2D eigenvalue weighted by Gasteiger charge is -2.37. The minimum Gasteiger partial charge on any atom is -0.497 e. The maximum absolute atomic E-state index is 15.0. The number of nitrogens with one attached hydrogen (secondary N) is 3. The van der Waals surface area contributed by atoms with Crippen molar-refractivity contribution in [2.45, 2.75) is 88.7 Å². The summed E-state index contributed by atoms with van der Waals surface area (Å²) in [5.74, 6) is -2.69. The molecule has 3 N–H and O–H groups in total. The first kappa shape index (κ1) is 43.6. The Hall–Kier alpha value is -5.51. The minimum absolute atomic E-state index is 0.0179. The zero-order valence-corrected chi connectivity index (χ0v) is 36.3. The van der Waals surface area contributed by atoms with Gasteiger partial charge < -0.3 is 29.9 Å². The Bertz CT molecular complexity index is 2320. The summed E-state index contributed by atoms with van der Waals surface area (Å²) < 4.78 is 40.1. The molecule has 5 amide bonds. The van der Waals surface area contributed by atoms with Crippen molar-refractivity contribution in [1.29, 1.82) is 0 Å². The van der Waals surface area contributed by atoms with Crippen LogP contribution in [0, 0.1) is 23.2 Å². The van der Waals surface area contributed by atoms with Crippen LogP contribution in [0.25, 0.3) is 22.2 Å². The second-order valence-electron chi connectivity index (χ2n) is 17.8. The molecule has 2 saturated heterocycles. The Morgan fingerprint density at radius 3 is 2.31 bits per heavy atom. The predicted molar refractivity (Wildman–Crippen MR) is 228 cm³/mol. The van der Waals surface area contributed by atoms with E-state index in [1.54, 1.807) is 31.2 Å². The SMILES string of the molecule is C=CC1CC1(NC(=O)[C@@H]1C[C@@H](Oc2cc(-c3ccccc3)nc3cc(OC)ccc23)CN1C(=O)[C@@H](CC(=O)N1CCC(C(=O)NC)CC1)C(C)(C)C)C(=O)NS(=O)(=O)C1CC1. The third-order valence-electron chi connectivity index (χ3n) is 12.6. The average molecular weight is 857 g/mol. The molecule has 15 nitrogen and oxygen atoms in total. The highest BCUT2D eigenvalue weighted by Gasteiger charge is 2.62. The molecule has 5 atom stereocenters. The number of sulfonamides is 1. The summed E-state index contributed by atoms with van der Waals surface area (Å²) in [6.45, 7) is 10.2. The first-order valence-corrected chi connectivity index (χ1v) is 22.5. The molecule has 2 aliphatic carbocycles. The summed E-state index contributed by atoms with van der Waals surface area (Å²) in [6.07, 6.45) is 2.77. The van der Waals surface area contributed by atoms with Crippen molar-refractivity contribution in [1.82, 2.24) is 30.1 Å². The number of aromatic nitrogens is 1. The number of fused-ring (bicyclic) bond motifs is 1. The normalized spacial score (nSPS) is 23.5. The molecule has 0 bridgehead atoms. The van der Waals surface area contributed by atoms with Gasteiger partial charge in [0.2, 0.25) is 33.7 Å². The van der Waals surface area contributed by atoms with Gasteiger partial charge in [-0.3, -0.25) is 28.7 Å². The monoisotopic (exact) mass is 856 g/mol. The minimum atomic E-state index is -3.93. The van der Waals surface area contributed by atoms with Crippen molar-refractivity contribution < 1.29 is 41.9 Å². The molecule has 0 spiro atoms. The molecule has 0 radical (unpaired) electrons. The highest BCUT2D eigenvalue weighted by molar-refractivity contribution is 7.91. The van der Waals surface area contributed by atoms with Gasteiger partial charge in [0, 0.05) is 67.9 Å². The summed E-state index contributed by atoms with van der Waals surface area (Å²) >= 11 is 0. The maximum Gasteiger partial charge on any atom is 0.259 e. The number of ether oxygens (including phenoxy) is 2. The number of likely N-dealkylation sites (tertiary alicyclic amines) is 2. The Kier molecular flexibility index (Phi) is 12.2. The van der Waals surface area contributed by atoms with Crippen molar-refractivity contribution in [3.63, 3.8) is 0 Å². The Morgan fingerprint density at radius 1 is 1.00 bits per heavy atom. The lowest BCUT2D eigenvalue weighted by molar-refractivity contribution is -0.149. The molecule has 4 aliphatic rings. The van der Waals surface area contributed by atoms with E-state index in [1.807, 2.05) is 63.2 Å². The fourth-order valence-electron chi connectivity index (χ4n) is 8.59. The molecule has 1 aromatic heterocycles. The summed E-state index contributed by atoms with van der Waals surface area (Å²) in [7, 11) is -0.761. The van der Waals surface area contributed by atoms with Crippen LogP contribution in [0.15, 0.2) is 67.3 Å². The van der Waals surface area contributed by atoms with Crippen molar-refractivity contribution in [3.8, 4) is 22.8 Å². The van der Waals surface area contributed by atoms with Crippen molar-refractivity contribution in [2.24, 2.45) is 23.2 Å². The lowest BCUT2D eigenvalue weighted by atomic mass is 9.77. The van der Waals surface area contributed by atoms with E-state index in [-0.39, 0.29) is 43.5 Å². The highest BCUT2D eigenvalue weighted by Crippen LogP contribution is 2.46. The Morgan fingerprint density at radius 2 is 1.70 bits per heavy atom. The van der Waals surface area contributed by atoms with Crippen molar-refractivity contribution in [2.75, 3.05) is 33.8 Å². The number of amides is 5. The van der Waals surface area contributed by atoms with Gasteiger partial charge in [-0.05, 0) is 49.7 Å². The largest absolute Gasteiger partial charge is 0.497 e. The zero-order valence-electron chi connectivity index (χ0n) is 35.4. The van der Waals surface area contributed by atoms with Crippen LogP contribution in [-0.4, -0.2) is 109 Å². The van der Waals surface area contributed by atoms with Crippen LogP contribution in [0.5, 0.6) is 11.5 Å². The van der Waals surface area contributed by atoms with Gasteiger partial charge in [-0.1, -0.05) is 57.2 Å². The van der Waals surface area contributed by atoms with Crippen molar-refractivity contribution >= 4 is 50.5 Å². The van der Waals surface area contributed by atoms with E-state index in [0.29, 0.717) is 66.9 Å². The highest BCUT2D eigenvalue weighted by atomic mass is 32.2. The van der Waals surface area contributed by atoms with Gasteiger partial charge in [0.15, 0.2) is 0 Å². The third kappa shape index (κ3) is 9.24. The zero-order chi connectivity index (χ0) is 43.9. The number of carbonyl (C=O) groups is 5. The Labute approximate surface area is 357 Å². The van der Waals surface area contributed by atoms with E-state index in [2.05, 4.69) is 21.9 Å². The van der Waals surface area contributed by atoms with Gasteiger partial charge >= 0.3 is 0 Å². The number of piperidine rings is 1. The lowest BCUT2D eigenvalue weighted by Crippen LogP contribution is -2.57. The van der Waals surface area contributed by atoms with Gasteiger partial charge in [-0.15, -0.1) is 6.58 Å². The van der Waals surface area contributed by atoms with E-state index in [0.717, 1.165) is 5.56 Å². The van der Waals surface area contributed by atoms with E-state index < -0.39 is 67.9 Å². The van der Waals surface area contributed by atoms with Crippen LogP contribution in [0.2, 0.25) is 0 Å². The number of carbonyl (C=O) groups excluding carboxylic acids is 5. The van der Waals surface area contributed by atoms with E-state index >= 15 is 0 Å². The first-order valence-electron chi connectivity index (χ1n) is 21.0. The van der Waals surface area contributed by atoms with Crippen LogP contribution in [0.3, 0.4) is 0 Å². The number of nitrogens with zero attached hydrogens (tertiary/aromatic N) is 3. The molecular weight excluding hydrogens is 801 g/mol. The summed E-state index contributed by atoms with van der Waals surface area (Å²) in [4.78, 5) is 77.5. The van der Waals surface area contributed by atoms with Crippen LogP contribution >= 0.6 is 0 Å². The summed E-state index contributed by atoms with van der Waals surface area (Å²) in [6, 6.07) is 15.7. The first-order chi connectivity index (χ1) is 29.0. The number of rotatable bonds is 14. The number of pyridine rings is 1. The number of benzene rings is 2. The average Bonchev–Trinajstić information content (AvgIpc) is 4.18. The molecule has 7 rings (SSSR count). The number of hydrogen-bond acceptors (Lipinski definition) is 10. The van der Waals surface area contributed by atoms with E-state index in [1.165, 1.54) is 11.0 Å². The van der Waals surface area contributed by atoms with Gasteiger partial charge in [-0.25, -0.2) is 13.4 Å². The Balaban J connectivity index is 1.19. The molecule has 326 valence electrons. The molecule has 2 saturated carbocycles. The second kappa shape index (κ2) is 17.1. The quantitative estimate of drug-likeness (QED) is 0.200. The van der Waals surface area contributed by atoms with E-state index in [4.69, 9.17) is 14.5 Å². The third-order valence-corrected chi connectivity index (χ3v) is 14.4. The molecule has 2 aliphatic heterocycles. The predicted octanol–water partition coefficient (Wildman–Crippen LogP) is 3.97. The maximum atomic E-state index is 15.0. The molecule has 16 heteroatoms. The number of hydrogen-bond donors (Lipinski definition) is 3. The summed E-state index contributed by atoms with van der Waals surface area (Å²) in [5, 5.41) is 5.57. The van der Waals surface area contributed by atoms with Gasteiger partial charge in [-0.2, -0.15) is 0 Å². The fraction of sp³-hybridized carbons (Fsp3) is 0.511. The van der Waals surface area contributed by atoms with Crippen LogP contribution < -0.4 is 24.8 Å². The molecule has 61 heavy (non-hydrogen) atoms.